The summed E-state index contributed by atoms with van der Waals surface area (Å²) in [6.45, 7) is 0.735. The summed E-state index contributed by atoms with van der Waals surface area (Å²) in [6.07, 6.45) is 2.62. The van der Waals surface area contributed by atoms with Crippen LogP contribution in [0, 0.1) is 0 Å². The van der Waals surface area contributed by atoms with E-state index < -0.39 is 0 Å². The van der Waals surface area contributed by atoms with Gasteiger partial charge in [-0.1, -0.05) is 18.2 Å². The lowest BCUT2D eigenvalue weighted by atomic mass is 10.1. The maximum Gasteiger partial charge on any atom is 0.181 e. The smallest absolute Gasteiger partial charge is 0.181 e. The fraction of sp³-hybridized carbons (Fsp3) is 0.333. The van der Waals surface area contributed by atoms with Crippen LogP contribution >= 0.6 is 0 Å². The molecule has 4 nitrogen and oxygen atoms in total. The molecule has 1 aromatic carbocycles. The normalized spacial score (nSPS) is 10.6. The summed E-state index contributed by atoms with van der Waals surface area (Å²) in [4.78, 5) is 4.23. The molecule has 2 aromatic rings. The van der Waals surface area contributed by atoms with Crippen LogP contribution < -0.4 is 0 Å². The van der Waals surface area contributed by atoms with Crippen LogP contribution in [0.5, 0.6) is 0 Å². The van der Waals surface area contributed by atoms with Gasteiger partial charge in [0.15, 0.2) is 5.82 Å². The summed E-state index contributed by atoms with van der Waals surface area (Å²) < 4.78 is 6.77. The van der Waals surface area contributed by atoms with Crippen LogP contribution in [-0.2, 0) is 18.2 Å². The molecule has 4 heteroatoms. The van der Waals surface area contributed by atoms with Gasteiger partial charge in [0.25, 0.3) is 0 Å². The summed E-state index contributed by atoms with van der Waals surface area (Å²) in [5, 5.41) is 4.28. The second kappa shape index (κ2) is 4.90. The molecular weight excluding hydrogens is 202 g/mol. The van der Waals surface area contributed by atoms with Gasteiger partial charge >= 0.3 is 0 Å². The molecule has 0 aliphatic rings. The van der Waals surface area contributed by atoms with Crippen LogP contribution in [0.1, 0.15) is 5.56 Å². The molecule has 0 radical (unpaired) electrons. The van der Waals surface area contributed by atoms with Crippen molar-refractivity contribution in [3.8, 4) is 11.4 Å². The lowest BCUT2D eigenvalue weighted by Gasteiger charge is -2.02. The molecule has 0 amide bonds. The Morgan fingerprint density at radius 2 is 2.25 bits per heavy atom. The average Bonchev–Trinajstić information content (AvgIpc) is 2.74. The molecule has 1 aromatic heterocycles. The lowest BCUT2D eigenvalue weighted by Crippen LogP contribution is -1.95. The highest BCUT2D eigenvalue weighted by molar-refractivity contribution is 5.55. The molecule has 84 valence electrons. The SMILES string of the molecule is COCCc1cccc(-c2ncn(C)n2)c1. The largest absolute Gasteiger partial charge is 0.384 e. The van der Waals surface area contributed by atoms with Gasteiger partial charge in [-0.3, -0.25) is 4.68 Å². The van der Waals surface area contributed by atoms with Crippen molar-refractivity contribution >= 4 is 0 Å². The monoisotopic (exact) mass is 217 g/mol. The van der Waals surface area contributed by atoms with E-state index >= 15 is 0 Å². The molecule has 0 saturated heterocycles. The molecule has 0 atom stereocenters. The van der Waals surface area contributed by atoms with Gasteiger partial charge in [0, 0.05) is 19.7 Å². The van der Waals surface area contributed by atoms with E-state index in [4.69, 9.17) is 4.74 Å². The Balaban J connectivity index is 2.22. The van der Waals surface area contributed by atoms with Crippen molar-refractivity contribution in [2.75, 3.05) is 13.7 Å². The predicted molar refractivity (Wildman–Crippen MR) is 62.0 cm³/mol. The van der Waals surface area contributed by atoms with E-state index in [-0.39, 0.29) is 0 Å². The van der Waals surface area contributed by atoms with E-state index in [1.54, 1.807) is 18.1 Å². The number of hydrogen-bond donors (Lipinski definition) is 0. The van der Waals surface area contributed by atoms with Gasteiger partial charge in [0.1, 0.15) is 6.33 Å². The third-order valence-corrected chi connectivity index (χ3v) is 2.38. The highest BCUT2D eigenvalue weighted by Gasteiger charge is 2.03. The number of aromatic nitrogens is 3. The fourth-order valence-corrected chi connectivity index (χ4v) is 1.56. The minimum absolute atomic E-state index is 0.735. The minimum Gasteiger partial charge on any atom is -0.384 e. The quantitative estimate of drug-likeness (QED) is 0.782. The van der Waals surface area contributed by atoms with Crippen molar-refractivity contribution < 1.29 is 4.74 Å². The molecular formula is C12H15N3O. The highest BCUT2D eigenvalue weighted by Crippen LogP contribution is 2.16. The maximum atomic E-state index is 5.06. The highest BCUT2D eigenvalue weighted by atomic mass is 16.5. The first-order chi connectivity index (χ1) is 7.79. The molecule has 2 rings (SSSR count). The molecule has 0 unspecified atom stereocenters. The summed E-state index contributed by atoms with van der Waals surface area (Å²) in [7, 11) is 3.58. The maximum absolute atomic E-state index is 5.06. The zero-order valence-electron chi connectivity index (χ0n) is 9.55. The second-order valence-electron chi connectivity index (χ2n) is 3.69. The van der Waals surface area contributed by atoms with Crippen molar-refractivity contribution in [3.05, 3.63) is 36.2 Å². The first-order valence-electron chi connectivity index (χ1n) is 5.23. The Labute approximate surface area is 94.9 Å². The first-order valence-corrected chi connectivity index (χ1v) is 5.23. The van der Waals surface area contributed by atoms with E-state index in [1.807, 2.05) is 19.2 Å². The Hall–Kier alpha value is -1.68. The van der Waals surface area contributed by atoms with Crippen LogP contribution in [-0.4, -0.2) is 28.5 Å². The summed E-state index contributed by atoms with van der Waals surface area (Å²) in [5.74, 6) is 0.766. The molecule has 1 heterocycles. The van der Waals surface area contributed by atoms with Crippen LogP contribution in [0.15, 0.2) is 30.6 Å². The Morgan fingerprint density at radius 1 is 1.38 bits per heavy atom. The molecule has 0 N–H and O–H groups in total. The number of ether oxygens (including phenoxy) is 1. The minimum atomic E-state index is 0.735. The van der Waals surface area contributed by atoms with E-state index in [2.05, 4.69) is 22.2 Å². The van der Waals surface area contributed by atoms with Crippen molar-refractivity contribution in [1.82, 2.24) is 14.8 Å². The molecule has 0 fully saturated rings. The number of hydrogen-bond acceptors (Lipinski definition) is 3. The third-order valence-electron chi connectivity index (χ3n) is 2.38. The van der Waals surface area contributed by atoms with Gasteiger partial charge in [-0.2, -0.15) is 5.10 Å². The van der Waals surface area contributed by atoms with E-state index in [1.165, 1.54) is 5.56 Å². The molecule has 0 spiro atoms. The second-order valence-corrected chi connectivity index (χ2v) is 3.69. The van der Waals surface area contributed by atoms with Crippen LogP contribution in [0.2, 0.25) is 0 Å². The number of nitrogens with zero attached hydrogens (tertiary/aromatic N) is 3. The zero-order valence-corrected chi connectivity index (χ0v) is 9.55. The van der Waals surface area contributed by atoms with E-state index in [0.29, 0.717) is 0 Å². The number of rotatable bonds is 4. The lowest BCUT2D eigenvalue weighted by molar-refractivity contribution is 0.202. The topological polar surface area (TPSA) is 39.9 Å². The fourth-order valence-electron chi connectivity index (χ4n) is 1.56. The molecule has 16 heavy (non-hydrogen) atoms. The van der Waals surface area contributed by atoms with Crippen LogP contribution in [0.25, 0.3) is 11.4 Å². The van der Waals surface area contributed by atoms with Crippen LogP contribution in [0.4, 0.5) is 0 Å². The van der Waals surface area contributed by atoms with Gasteiger partial charge < -0.3 is 4.74 Å². The Kier molecular flexibility index (Phi) is 3.31. The van der Waals surface area contributed by atoms with Gasteiger partial charge in [-0.05, 0) is 18.1 Å². The average molecular weight is 217 g/mol. The van der Waals surface area contributed by atoms with Gasteiger partial charge in [0.2, 0.25) is 0 Å². The van der Waals surface area contributed by atoms with Crippen molar-refractivity contribution in [1.29, 1.82) is 0 Å². The zero-order chi connectivity index (χ0) is 11.4. The molecule has 0 aliphatic carbocycles. The Morgan fingerprint density at radius 3 is 2.94 bits per heavy atom. The van der Waals surface area contributed by atoms with Crippen LogP contribution in [0.3, 0.4) is 0 Å². The van der Waals surface area contributed by atoms with E-state index in [0.717, 1.165) is 24.4 Å². The number of benzene rings is 1. The standard InChI is InChI=1S/C12H15N3O/c1-15-9-13-12(14-15)11-5-3-4-10(8-11)6-7-16-2/h3-5,8-9H,6-7H2,1-2H3. The van der Waals surface area contributed by atoms with Crippen molar-refractivity contribution in [2.24, 2.45) is 7.05 Å². The van der Waals surface area contributed by atoms with Gasteiger partial charge in [0.05, 0.1) is 6.61 Å². The summed E-state index contributed by atoms with van der Waals surface area (Å²) in [5.41, 5.74) is 2.29. The number of aryl methyl sites for hydroxylation is 1. The van der Waals surface area contributed by atoms with Gasteiger partial charge in [-0.25, -0.2) is 4.98 Å². The first kappa shape index (κ1) is 10.8. The summed E-state index contributed by atoms with van der Waals surface area (Å²) in [6, 6.07) is 8.24. The number of methoxy groups -OCH3 is 1. The van der Waals surface area contributed by atoms with Crippen molar-refractivity contribution in [3.63, 3.8) is 0 Å². The molecule has 0 saturated carbocycles. The third kappa shape index (κ3) is 2.46. The molecule has 0 bridgehead atoms. The predicted octanol–water partition coefficient (Wildman–Crippen LogP) is 1.67. The van der Waals surface area contributed by atoms with Gasteiger partial charge in [-0.15, -0.1) is 0 Å². The summed E-state index contributed by atoms with van der Waals surface area (Å²) >= 11 is 0. The van der Waals surface area contributed by atoms with Crippen molar-refractivity contribution in [2.45, 2.75) is 6.42 Å². The Bertz CT molecular complexity index is 465. The molecule has 0 aliphatic heterocycles. The van der Waals surface area contributed by atoms with E-state index in [9.17, 15) is 0 Å².